The Labute approximate surface area is 192 Å². The summed E-state index contributed by atoms with van der Waals surface area (Å²) in [6.07, 6.45) is 10.2. The van der Waals surface area contributed by atoms with Gasteiger partial charge < -0.3 is 20.7 Å². The Hall–Kier alpha value is -3.78. The first-order valence-electron chi connectivity index (χ1n) is 10.9. The fraction of sp³-hybridized carbons (Fsp3) is 0.280. The van der Waals surface area contributed by atoms with Gasteiger partial charge in [-0.1, -0.05) is 25.0 Å². The van der Waals surface area contributed by atoms with E-state index in [4.69, 9.17) is 10.8 Å². The van der Waals surface area contributed by atoms with Gasteiger partial charge in [0.25, 0.3) is 11.5 Å². The van der Waals surface area contributed by atoms with Gasteiger partial charge in [0.1, 0.15) is 6.54 Å². The van der Waals surface area contributed by atoms with Crippen molar-refractivity contribution in [3.63, 3.8) is 0 Å². The molecule has 0 atom stereocenters. The van der Waals surface area contributed by atoms with Gasteiger partial charge in [-0.25, -0.2) is 0 Å². The number of nitrogens with two attached hydrogens (primary N) is 1. The summed E-state index contributed by atoms with van der Waals surface area (Å²) in [6, 6.07) is 12.0. The third kappa shape index (κ3) is 6.85. The molecule has 0 bridgehead atoms. The molecular formula is C25H28N4O4. The molecule has 0 spiro atoms. The Bertz CT molecular complexity index is 1170. The number of unbranched alkanes of at least 4 members (excludes halogenated alkanes) is 3. The highest BCUT2D eigenvalue weighted by atomic mass is 16.4. The number of hydrogen-bond acceptors (Lipinski definition) is 5. The van der Waals surface area contributed by atoms with Crippen LogP contribution in [0.2, 0.25) is 0 Å². The molecule has 1 amide bonds. The van der Waals surface area contributed by atoms with Crippen molar-refractivity contribution in [1.29, 1.82) is 0 Å². The van der Waals surface area contributed by atoms with Crippen molar-refractivity contribution in [3.05, 3.63) is 82.5 Å². The number of nitrogens with one attached hydrogen (secondary N) is 1. The van der Waals surface area contributed by atoms with Gasteiger partial charge >= 0.3 is 5.97 Å². The highest BCUT2D eigenvalue weighted by molar-refractivity contribution is 6.04. The third-order valence-corrected chi connectivity index (χ3v) is 5.29. The molecule has 3 rings (SSSR count). The van der Waals surface area contributed by atoms with E-state index in [1.165, 1.54) is 23.9 Å². The fourth-order valence-corrected chi connectivity index (χ4v) is 3.62. The van der Waals surface area contributed by atoms with Gasteiger partial charge in [-0.05, 0) is 61.2 Å². The smallest absolute Gasteiger partial charge is 0.323 e. The standard InChI is InChI=1S/C25H28N4O4/c26-12-4-2-1-3-6-18-11-13-27-15-22(18)19-7-5-8-20(14-19)25(33)28-21-9-10-23(30)29(16-21)17-24(31)32/h5,7-11,13-16H,1-4,6,12,17,26H2,(H,28,33)(H,31,32). The highest BCUT2D eigenvalue weighted by Gasteiger charge is 2.11. The molecule has 0 aliphatic carbocycles. The summed E-state index contributed by atoms with van der Waals surface area (Å²) in [4.78, 5) is 39.8. The van der Waals surface area contributed by atoms with Crippen LogP contribution in [0.3, 0.4) is 0 Å². The first-order valence-corrected chi connectivity index (χ1v) is 10.9. The summed E-state index contributed by atoms with van der Waals surface area (Å²) in [5, 5.41) is 11.7. The summed E-state index contributed by atoms with van der Waals surface area (Å²) in [5.41, 5.74) is 8.95. The van der Waals surface area contributed by atoms with Gasteiger partial charge in [-0.2, -0.15) is 0 Å². The van der Waals surface area contributed by atoms with Crippen LogP contribution in [0, 0.1) is 0 Å². The molecule has 0 fully saturated rings. The summed E-state index contributed by atoms with van der Waals surface area (Å²) in [6.45, 7) is 0.240. The van der Waals surface area contributed by atoms with Crippen LogP contribution in [0.4, 0.5) is 5.69 Å². The maximum atomic E-state index is 12.8. The van der Waals surface area contributed by atoms with E-state index in [9.17, 15) is 14.4 Å². The number of carbonyl (C=O) groups is 2. The number of carbonyl (C=O) groups excluding carboxylic acids is 1. The van der Waals surface area contributed by atoms with E-state index < -0.39 is 18.1 Å². The number of aromatic nitrogens is 2. The van der Waals surface area contributed by atoms with Crippen molar-refractivity contribution in [1.82, 2.24) is 9.55 Å². The van der Waals surface area contributed by atoms with Gasteiger partial charge in [0.05, 0.1) is 5.69 Å². The predicted octanol–water partition coefficient (Wildman–Crippen LogP) is 3.31. The summed E-state index contributed by atoms with van der Waals surface area (Å²) >= 11 is 0. The number of rotatable bonds is 11. The molecule has 4 N–H and O–H groups in total. The molecule has 0 aliphatic heterocycles. The summed E-state index contributed by atoms with van der Waals surface area (Å²) in [7, 11) is 0. The number of pyridine rings is 2. The molecule has 0 radical (unpaired) electrons. The second kappa shape index (κ2) is 11.7. The summed E-state index contributed by atoms with van der Waals surface area (Å²) in [5.74, 6) is -1.50. The van der Waals surface area contributed by atoms with Crippen LogP contribution >= 0.6 is 0 Å². The number of amides is 1. The van der Waals surface area contributed by atoms with Crippen molar-refractivity contribution >= 4 is 17.6 Å². The Morgan fingerprint density at radius 1 is 1.06 bits per heavy atom. The van der Waals surface area contributed by atoms with Crippen LogP contribution < -0.4 is 16.6 Å². The zero-order valence-corrected chi connectivity index (χ0v) is 18.4. The van der Waals surface area contributed by atoms with E-state index >= 15 is 0 Å². The SMILES string of the molecule is NCCCCCCc1ccncc1-c1cccc(C(=O)Nc2ccc(=O)n(CC(=O)O)c2)c1. The van der Waals surface area contributed by atoms with E-state index in [1.54, 1.807) is 18.3 Å². The molecular weight excluding hydrogens is 420 g/mol. The molecule has 8 heteroatoms. The predicted molar refractivity (Wildman–Crippen MR) is 127 cm³/mol. The average Bonchev–Trinajstić information content (AvgIpc) is 2.81. The molecule has 0 unspecified atom stereocenters. The van der Waals surface area contributed by atoms with Crippen LogP contribution in [0.5, 0.6) is 0 Å². The van der Waals surface area contributed by atoms with E-state index in [2.05, 4.69) is 10.3 Å². The molecule has 1 aromatic carbocycles. The zero-order valence-electron chi connectivity index (χ0n) is 18.4. The van der Waals surface area contributed by atoms with Crippen LogP contribution in [0.1, 0.15) is 41.6 Å². The number of hydrogen-bond donors (Lipinski definition) is 3. The minimum Gasteiger partial charge on any atom is -0.480 e. The number of nitrogens with zero attached hydrogens (tertiary/aromatic N) is 2. The highest BCUT2D eigenvalue weighted by Crippen LogP contribution is 2.25. The first-order chi connectivity index (χ1) is 16.0. The molecule has 2 aromatic heterocycles. The van der Waals surface area contributed by atoms with Gasteiger partial charge in [0.15, 0.2) is 0 Å². The Balaban J connectivity index is 1.76. The lowest BCUT2D eigenvalue weighted by atomic mass is 9.96. The maximum absolute atomic E-state index is 12.8. The Morgan fingerprint density at radius 2 is 1.88 bits per heavy atom. The third-order valence-electron chi connectivity index (χ3n) is 5.29. The number of aliphatic carboxylic acids is 1. The Kier molecular flexibility index (Phi) is 8.49. The second-order valence-corrected chi connectivity index (χ2v) is 7.80. The topological polar surface area (TPSA) is 127 Å². The summed E-state index contributed by atoms with van der Waals surface area (Å²) < 4.78 is 1.03. The minimum absolute atomic E-state index is 0.339. The normalized spacial score (nSPS) is 10.7. The lowest BCUT2D eigenvalue weighted by Gasteiger charge is -2.11. The largest absolute Gasteiger partial charge is 0.480 e. The molecule has 0 aliphatic rings. The monoisotopic (exact) mass is 448 g/mol. The number of carboxylic acids is 1. The van der Waals surface area contributed by atoms with E-state index in [1.807, 2.05) is 24.4 Å². The van der Waals surface area contributed by atoms with Crippen LogP contribution in [0.15, 0.2) is 65.8 Å². The van der Waals surface area contributed by atoms with Gasteiger partial charge in [0.2, 0.25) is 0 Å². The van der Waals surface area contributed by atoms with E-state index in [-0.39, 0.29) is 5.91 Å². The van der Waals surface area contributed by atoms with Gasteiger partial charge in [0, 0.05) is 35.8 Å². The van der Waals surface area contributed by atoms with E-state index in [0.717, 1.165) is 54.3 Å². The lowest BCUT2D eigenvalue weighted by molar-refractivity contribution is -0.137. The number of benzene rings is 1. The lowest BCUT2D eigenvalue weighted by Crippen LogP contribution is -2.24. The van der Waals surface area contributed by atoms with Gasteiger partial charge in [-0.3, -0.25) is 19.4 Å². The number of aryl methyl sites for hydroxylation is 1. The quantitative estimate of drug-likeness (QED) is 0.386. The first kappa shape index (κ1) is 23.9. The molecule has 2 heterocycles. The molecule has 3 aromatic rings. The molecule has 33 heavy (non-hydrogen) atoms. The average molecular weight is 449 g/mol. The van der Waals surface area contributed by atoms with Crippen molar-refractivity contribution < 1.29 is 14.7 Å². The maximum Gasteiger partial charge on any atom is 0.323 e. The molecule has 0 saturated carbocycles. The zero-order chi connectivity index (χ0) is 23.6. The second-order valence-electron chi connectivity index (χ2n) is 7.80. The Morgan fingerprint density at radius 3 is 2.67 bits per heavy atom. The fourth-order valence-electron chi connectivity index (χ4n) is 3.62. The van der Waals surface area contributed by atoms with Crippen LogP contribution in [-0.2, 0) is 17.8 Å². The minimum atomic E-state index is -1.14. The number of carboxylic acid groups (broad SMARTS) is 1. The van der Waals surface area contributed by atoms with Crippen molar-refractivity contribution in [2.45, 2.75) is 38.6 Å². The number of anilines is 1. The van der Waals surface area contributed by atoms with Crippen molar-refractivity contribution in [2.24, 2.45) is 5.73 Å². The molecule has 0 saturated heterocycles. The van der Waals surface area contributed by atoms with Crippen molar-refractivity contribution in [3.8, 4) is 11.1 Å². The van der Waals surface area contributed by atoms with Crippen LogP contribution in [0.25, 0.3) is 11.1 Å². The van der Waals surface area contributed by atoms with Gasteiger partial charge in [-0.15, -0.1) is 0 Å². The van der Waals surface area contributed by atoms with Crippen LogP contribution in [-0.4, -0.2) is 33.1 Å². The molecule has 172 valence electrons. The van der Waals surface area contributed by atoms with E-state index in [0.29, 0.717) is 11.3 Å². The molecule has 8 nitrogen and oxygen atoms in total. The van der Waals surface area contributed by atoms with Crippen molar-refractivity contribution in [2.75, 3.05) is 11.9 Å².